The highest BCUT2D eigenvalue weighted by Gasteiger charge is 2.19. The largest absolute Gasteiger partial charge is 0.461 e. The van der Waals surface area contributed by atoms with Crippen molar-refractivity contribution in [1.29, 1.82) is 0 Å². The summed E-state index contributed by atoms with van der Waals surface area (Å²) in [5, 5.41) is 4.36. The predicted octanol–water partition coefficient (Wildman–Crippen LogP) is 1.44. The summed E-state index contributed by atoms with van der Waals surface area (Å²) in [6.45, 7) is 2.01. The maximum absolute atomic E-state index is 11.5. The van der Waals surface area contributed by atoms with Gasteiger partial charge in [0.15, 0.2) is 11.5 Å². The molecule has 2 aromatic heterocycles. The average molecular weight is 255 g/mol. The zero-order valence-corrected chi connectivity index (χ0v) is 10.2. The third-order valence-corrected chi connectivity index (χ3v) is 2.49. The molecule has 0 amide bonds. The van der Waals surface area contributed by atoms with Gasteiger partial charge in [-0.2, -0.15) is 5.10 Å². The van der Waals surface area contributed by atoms with E-state index in [4.69, 9.17) is 16.3 Å². The van der Waals surface area contributed by atoms with Crippen molar-refractivity contribution in [3.8, 4) is 5.82 Å². The molecule has 0 radical (unpaired) electrons. The van der Waals surface area contributed by atoms with Crippen LogP contribution in [0.2, 0.25) is 5.15 Å². The number of hydrogen-bond acceptors (Lipinski definition) is 4. The van der Waals surface area contributed by atoms with Crippen molar-refractivity contribution in [1.82, 2.24) is 19.3 Å². The van der Waals surface area contributed by atoms with E-state index in [9.17, 15) is 4.79 Å². The molecule has 0 aliphatic carbocycles. The summed E-state index contributed by atoms with van der Waals surface area (Å²) >= 11 is 6.05. The average Bonchev–Trinajstić information content (AvgIpc) is 2.85. The van der Waals surface area contributed by atoms with Crippen molar-refractivity contribution in [3.05, 3.63) is 29.4 Å². The minimum atomic E-state index is -0.535. The molecule has 0 unspecified atom stereocenters. The van der Waals surface area contributed by atoms with Crippen molar-refractivity contribution in [2.24, 2.45) is 7.05 Å². The van der Waals surface area contributed by atoms with Gasteiger partial charge in [0.25, 0.3) is 0 Å². The van der Waals surface area contributed by atoms with E-state index >= 15 is 0 Å². The quantitative estimate of drug-likeness (QED) is 0.778. The second-order valence-electron chi connectivity index (χ2n) is 3.32. The third-order valence-electron chi connectivity index (χ3n) is 2.12. The highest BCUT2D eigenvalue weighted by Crippen LogP contribution is 2.19. The SMILES string of the molecule is CCOC(=O)c1ncn(-c2ccn(C)n2)c1Cl. The summed E-state index contributed by atoms with van der Waals surface area (Å²) in [5.74, 6) is 0.0627. The summed E-state index contributed by atoms with van der Waals surface area (Å²) in [6, 6.07) is 1.77. The molecule has 0 saturated carbocycles. The van der Waals surface area contributed by atoms with Gasteiger partial charge in [0.2, 0.25) is 0 Å². The normalized spacial score (nSPS) is 10.5. The predicted molar refractivity (Wildman–Crippen MR) is 61.3 cm³/mol. The number of carbonyl (C=O) groups excluding carboxylic acids is 1. The first-order valence-corrected chi connectivity index (χ1v) is 5.41. The number of aromatic nitrogens is 4. The number of imidazole rings is 1. The number of nitrogens with zero attached hydrogens (tertiary/aromatic N) is 4. The van der Waals surface area contributed by atoms with E-state index in [1.165, 1.54) is 10.9 Å². The van der Waals surface area contributed by atoms with Gasteiger partial charge in [-0.15, -0.1) is 0 Å². The van der Waals surface area contributed by atoms with Gasteiger partial charge in [-0.1, -0.05) is 11.6 Å². The molecule has 0 N–H and O–H groups in total. The number of carbonyl (C=O) groups is 1. The fraction of sp³-hybridized carbons (Fsp3) is 0.300. The fourth-order valence-electron chi connectivity index (χ4n) is 1.36. The van der Waals surface area contributed by atoms with Crippen LogP contribution in [0.15, 0.2) is 18.6 Å². The standard InChI is InChI=1S/C10H11ClN4O2/c1-3-17-10(16)8-9(11)15(6-12-8)7-4-5-14(2)13-7/h4-6H,3H2,1-2H3. The van der Waals surface area contributed by atoms with Crippen LogP contribution in [0.4, 0.5) is 0 Å². The zero-order chi connectivity index (χ0) is 12.4. The number of esters is 1. The molecule has 0 saturated heterocycles. The molecule has 0 atom stereocenters. The molecule has 90 valence electrons. The number of halogens is 1. The Labute approximate surface area is 103 Å². The fourth-order valence-corrected chi connectivity index (χ4v) is 1.62. The number of aryl methyl sites for hydroxylation is 1. The minimum absolute atomic E-state index is 0.0965. The molecule has 0 bridgehead atoms. The Balaban J connectivity index is 2.36. The highest BCUT2D eigenvalue weighted by molar-refractivity contribution is 6.32. The van der Waals surface area contributed by atoms with Gasteiger partial charge in [0, 0.05) is 19.3 Å². The Morgan fingerprint density at radius 3 is 2.94 bits per heavy atom. The molecule has 2 heterocycles. The number of hydrogen-bond donors (Lipinski definition) is 0. The van der Waals surface area contributed by atoms with Crippen LogP contribution >= 0.6 is 11.6 Å². The van der Waals surface area contributed by atoms with E-state index in [0.717, 1.165) is 0 Å². The van der Waals surface area contributed by atoms with Crippen LogP contribution in [0.5, 0.6) is 0 Å². The van der Waals surface area contributed by atoms with Crippen molar-refractivity contribution < 1.29 is 9.53 Å². The Morgan fingerprint density at radius 2 is 2.35 bits per heavy atom. The molecule has 0 aromatic carbocycles. The molecule has 2 rings (SSSR count). The Bertz CT molecular complexity index is 546. The van der Waals surface area contributed by atoms with Gasteiger partial charge in [-0.25, -0.2) is 9.78 Å². The molecule has 0 aliphatic rings. The molecule has 0 fully saturated rings. The van der Waals surface area contributed by atoms with Crippen molar-refractivity contribution in [2.75, 3.05) is 6.61 Å². The lowest BCUT2D eigenvalue weighted by molar-refractivity contribution is 0.0520. The van der Waals surface area contributed by atoms with Gasteiger partial charge >= 0.3 is 5.97 Å². The third kappa shape index (κ3) is 2.16. The molecule has 2 aromatic rings. The summed E-state index contributed by atoms with van der Waals surface area (Å²) in [5.41, 5.74) is 0.0965. The molecule has 0 spiro atoms. The molecule has 6 nitrogen and oxygen atoms in total. The highest BCUT2D eigenvalue weighted by atomic mass is 35.5. The molecule has 17 heavy (non-hydrogen) atoms. The van der Waals surface area contributed by atoms with E-state index < -0.39 is 5.97 Å². The van der Waals surface area contributed by atoms with Crippen LogP contribution < -0.4 is 0 Å². The first-order chi connectivity index (χ1) is 8.13. The monoisotopic (exact) mass is 254 g/mol. The first kappa shape index (κ1) is 11.7. The summed E-state index contributed by atoms with van der Waals surface area (Å²) in [7, 11) is 1.79. The minimum Gasteiger partial charge on any atom is -0.461 e. The second kappa shape index (κ2) is 4.58. The van der Waals surface area contributed by atoms with Crippen LogP contribution in [-0.4, -0.2) is 31.9 Å². The van der Waals surface area contributed by atoms with Crippen LogP contribution in [0, 0.1) is 0 Å². The Morgan fingerprint density at radius 1 is 1.59 bits per heavy atom. The van der Waals surface area contributed by atoms with Crippen LogP contribution in [-0.2, 0) is 11.8 Å². The van der Waals surface area contributed by atoms with E-state index in [1.54, 1.807) is 30.9 Å². The van der Waals surface area contributed by atoms with Crippen molar-refractivity contribution in [2.45, 2.75) is 6.92 Å². The zero-order valence-electron chi connectivity index (χ0n) is 9.42. The van der Waals surface area contributed by atoms with Crippen LogP contribution in [0.1, 0.15) is 17.4 Å². The van der Waals surface area contributed by atoms with Gasteiger partial charge in [0.05, 0.1) is 6.61 Å². The Kier molecular flexibility index (Phi) is 3.14. The molecule has 0 aliphatic heterocycles. The molecular formula is C10H11ClN4O2. The maximum atomic E-state index is 11.5. The van der Waals surface area contributed by atoms with Gasteiger partial charge < -0.3 is 4.74 Å². The maximum Gasteiger partial charge on any atom is 0.360 e. The lowest BCUT2D eigenvalue weighted by atomic mass is 10.5. The number of ether oxygens (including phenoxy) is 1. The molecule has 7 heteroatoms. The van der Waals surface area contributed by atoms with Gasteiger partial charge in [-0.3, -0.25) is 9.25 Å². The van der Waals surface area contributed by atoms with Crippen molar-refractivity contribution >= 4 is 17.6 Å². The lowest BCUT2D eigenvalue weighted by Gasteiger charge is -2.00. The van der Waals surface area contributed by atoms with E-state index in [1.807, 2.05) is 0 Å². The number of rotatable bonds is 3. The summed E-state index contributed by atoms with van der Waals surface area (Å²) in [6.07, 6.45) is 3.21. The Hall–Kier alpha value is -1.82. The smallest absolute Gasteiger partial charge is 0.360 e. The van der Waals surface area contributed by atoms with Gasteiger partial charge in [0.1, 0.15) is 11.5 Å². The van der Waals surface area contributed by atoms with Crippen molar-refractivity contribution in [3.63, 3.8) is 0 Å². The van der Waals surface area contributed by atoms with Crippen LogP contribution in [0.25, 0.3) is 5.82 Å². The first-order valence-electron chi connectivity index (χ1n) is 5.03. The summed E-state index contributed by atoms with van der Waals surface area (Å²) < 4.78 is 7.99. The van der Waals surface area contributed by atoms with E-state index in [-0.39, 0.29) is 17.5 Å². The van der Waals surface area contributed by atoms with Gasteiger partial charge in [-0.05, 0) is 6.92 Å². The second-order valence-corrected chi connectivity index (χ2v) is 3.68. The topological polar surface area (TPSA) is 61.9 Å². The van der Waals surface area contributed by atoms with E-state index in [2.05, 4.69) is 10.1 Å². The van der Waals surface area contributed by atoms with Crippen LogP contribution in [0.3, 0.4) is 0 Å². The van der Waals surface area contributed by atoms with E-state index in [0.29, 0.717) is 5.82 Å². The molecular weight excluding hydrogens is 244 g/mol. The summed E-state index contributed by atoms with van der Waals surface area (Å²) in [4.78, 5) is 15.4. The lowest BCUT2D eigenvalue weighted by Crippen LogP contribution is -2.06.